The largest absolute Gasteiger partial charge is 0.481 e. The third kappa shape index (κ3) is 8.87. The van der Waals surface area contributed by atoms with E-state index in [9.17, 15) is 19.2 Å². The van der Waals surface area contributed by atoms with Gasteiger partial charge in [0.2, 0.25) is 17.7 Å². The summed E-state index contributed by atoms with van der Waals surface area (Å²) in [5.74, 6) is -1.84. The molecule has 0 radical (unpaired) electrons. The summed E-state index contributed by atoms with van der Waals surface area (Å²) in [5.41, 5.74) is 4.26. The van der Waals surface area contributed by atoms with Crippen LogP contribution in [0, 0.1) is 12.3 Å². The maximum absolute atomic E-state index is 13.6. The molecular weight excluding hydrogens is 528 g/mol. The number of carboxylic acids is 1. The minimum absolute atomic E-state index is 0.0228. The molecule has 2 aromatic rings. The normalized spacial score (nSPS) is 16.4. The number of likely N-dealkylation sites (tertiary alicyclic amines) is 1. The fourth-order valence-corrected chi connectivity index (χ4v) is 5.46. The molecule has 0 saturated carbocycles. The van der Waals surface area contributed by atoms with E-state index in [4.69, 9.17) is 5.11 Å². The van der Waals surface area contributed by atoms with Crippen LogP contribution in [0.5, 0.6) is 0 Å². The van der Waals surface area contributed by atoms with Crippen LogP contribution in [-0.4, -0.2) is 57.3 Å². The molecular formula is C30H44N4O5S. The predicted octanol–water partition coefficient (Wildman–Crippen LogP) is 5.10. The molecule has 220 valence electrons. The zero-order valence-electron chi connectivity index (χ0n) is 24.7. The van der Waals surface area contributed by atoms with Crippen LogP contribution in [0.15, 0.2) is 29.8 Å². The standard InChI is InChI=1S/C28H38N4O5S.C2H6/c1-17(19-11-13-20(14-12-19)24-18(2)29-16-38-24)30-26(36)21-8-7-15-32(21)27(37)25(28(3,4)5)31-22(33)9-6-10-23(34)35;1-2/h11-14,16-17,21,25H,6-10,15H2,1-5H3,(H,30,36)(H,31,33)(H,34,35);1-2H3. The third-order valence-corrected chi connectivity index (χ3v) is 7.81. The van der Waals surface area contributed by atoms with Gasteiger partial charge in [-0.05, 0) is 49.7 Å². The lowest BCUT2D eigenvalue weighted by atomic mass is 9.85. The average molecular weight is 573 g/mol. The summed E-state index contributed by atoms with van der Waals surface area (Å²) in [7, 11) is 0. The number of amides is 3. The Hall–Kier alpha value is -3.27. The number of nitrogens with one attached hydrogen (secondary N) is 2. The van der Waals surface area contributed by atoms with Crippen molar-refractivity contribution in [2.45, 2.75) is 98.7 Å². The summed E-state index contributed by atoms with van der Waals surface area (Å²) >= 11 is 1.59. The van der Waals surface area contributed by atoms with Crippen molar-refractivity contribution < 1.29 is 24.3 Å². The number of hydrogen-bond acceptors (Lipinski definition) is 6. The van der Waals surface area contributed by atoms with Crippen molar-refractivity contribution in [1.29, 1.82) is 0 Å². The molecule has 1 aromatic heterocycles. The summed E-state index contributed by atoms with van der Waals surface area (Å²) in [6.45, 7) is 13.9. The molecule has 0 aliphatic carbocycles. The first-order valence-corrected chi connectivity index (χ1v) is 14.9. The second kappa shape index (κ2) is 14.9. The number of rotatable bonds is 10. The van der Waals surface area contributed by atoms with E-state index >= 15 is 0 Å². The molecule has 40 heavy (non-hydrogen) atoms. The van der Waals surface area contributed by atoms with Crippen molar-refractivity contribution in [3.05, 3.63) is 41.0 Å². The first-order chi connectivity index (χ1) is 18.9. The van der Waals surface area contributed by atoms with Gasteiger partial charge in [-0.1, -0.05) is 58.9 Å². The highest BCUT2D eigenvalue weighted by Crippen LogP contribution is 2.29. The summed E-state index contributed by atoms with van der Waals surface area (Å²) < 4.78 is 0. The van der Waals surface area contributed by atoms with E-state index in [2.05, 4.69) is 15.6 Å². The van der Waals surface area contributed by atoms with Crippen molar-refractivity contribution in [2.24, 2.45) is 5.41 Å². The highest BCUT2D eigenvalue weighted by molar-refractivity contribution is 7.13. The summed E-state index contributed by atoms with van der Waals surface area (Å²) in [6, 6.07) is 6.35. The van der Waals surface area contributed by atoms with E-state index in [1.54, 1.807) is 16.2 Å². The molecule has 1 saturated heterocycles. The third-order valence-electron chi connectivity index (χ3n) is 6.83. The maximum atomic E-state index is 13.6. The Morgan fingerprint density at radius 3 is 2.30 bits per heavy atom. The van der Waals surface area contributed by atoms with E-state index in [1.165, 1.54) is 0 Å². The second-order valence-electron chi connectivity index (χ2n) is 10.9. The van der Waals surface area contributed by atoms with Crippen LogP contribution < -0.4 is 10.6 Å². The van der Waals surface area contributed by atoms with Gasteiger partial charge in [-0.25, -0.2) is 4.98 Å². The molecule has 3 atom stereocenters. The lowest BCUT2D eigenvalue weighted by Gasteiger charge is -2.35. The van der Waals surface area contributed by atoms with E-state index in [0.29, 0.717) is 19.4 Å². The lowest BCUT2D eigenvalue weighted by molar-refractivity contribution is -0.144. The van der Waals surface area contributed by atoms with Gasteiger partial charge >= 0.3 is 5.97 Å². The van der Waals surface area contributed by atoms with Gasteiger partial charge in [0.1, 0.15) is 12.1 Å². The van der Waals surface area contributed by atoms with Crippen LogP contribution in [0.2, 0.25) is 0 Å². The van der Waals surface area contributed by atoms with Gasteiger partial charge in [-0.3, -0.25) is 19.2 Å². The number of carbonyl (C=O) groups excluding carboxylic acids is 3. The van der Waals surface area contributed by atoms with Gasteiger partial charge in [-0.15, -0.1) is 11.3 Å². The van der Waals surface area contributed by atoms with Crippen molar-refractivity contribution in [3.63, 3.8) is 0 Å². The highest BCUT2D eigenvalue weighted by Gasteiger charge is 2.42. The molecule has 1 aliphatic rings. The van der Waals surface area contributed by atoms with Gasteiger partial charge in [0.05, 0.1) is 22.1 Å². The number of aryl methyl sites for hydroxylation is 1. The van der Waals surface area contributed by atoms with Crippen molar-refractivity contribution >= 4 is 35.0 Å². The summed E-state index contributed by atoms with van der Waals surface area (Å²) in [5, 5.41) is 14.7. The van der Waals surface area contributed by atoms with Gasteiger partial charge in [0, 0.05) is 19.4 Å². The Morgan fingerprint density at radius 2 is 1.75 bits per heavy atom. The first kappa shape index (κ1) is 32.9. The molecule has 0 bridgehead atoms. The van der Waals surface area contributed by atoms with Crippen LogP contribution in [0.25, 0.3) is 10.4 Å². The van der Waals surface area contributed by atoms with E-state index in [0.717, 1.165) is 21.7 Å². The number of nitrogens with zero attached hydrogens (tertiary/aromatic N) is 2. The number of carboxylic acid groups (broad SMARTS) is 1. The topological polar surface area (TPSA) is 129 Å². The van der Waals surface area contributed by atoms with Gasteiger partial charge in [0.15, 0.2) is 0 Å². The molecule has 3 N–H and O–H groups in total. The number of thiazole rings is 1. The van der Waals surface area contributed by atoms with E-state index < -0.39 is 23.5 Å². The van der Waals surface area contributed by atoms with Crippen molar-refractivity contribution in [3.8, 4) is 10.4 Å². The average Bonchev–Trinajstić information content (AvgIpc) is 3.56. The predicted molar refractivity (Wildman–Crippen MR) is 158 cm³/mol. The Morgan fingerprint density at radius 1 is 1.10 bits per heavy atom. The molecule has 9 nitrogen and oxygen atoms in total. The lowest BCUT2D eigenvalue weighted by Crippen LogP contribution is -2.57. The molecule has 1 aromatic carbocycles. The first-order valence-electron chi connectivity index (χ1n) is 14.0. The van der Waals surface area contributed by atoms with Crippen LogP contribution in [0.1, 0.15) is 90.9 Å². The fraction of sp³-hybridized carbons (Fsp3) is 0.567. The molecule has 10 heteroatoms. The van der Waals surface area contributed by atoms with Crippen molar-refractivity contribution in [2.75, 3.05) is 6.54 Å². The minimum Gasteiger partial charge on any atom is -0.481 e. The van der Waals surface area contributed by atoms with Crippen LogP contribution in [0.3, 0.4) is 0 Å². The number of aliphatic carboxylic acids is 1. The highest BCUT2D eigenvalue weighted by atomic mass is 32.1. The molecule has 3 unspecified atom stereocenters. The van der Waals surface area contributed by atoms with Crippen LogP contribution in [-0.2, 0) is 19.2 Å². The Bertz CT molecular complexity index is 1160. The number of aromatic nitrogens is 1. The van der Waals surface area contributed by atoms with E-state index in [-0.39, 0.29) is 43.0 Å². The number of benzene rings is 1. The maximum Gasteiger partial charge on any atom is 0.303 e. The van der Waals surface area contributed by atoms with Gasteiger partial charge in [0.25, 0.3) is 0 Å². The Labute approximate surface area is 241 Å². The molecule has 1 fully saturated rings. The molecule has 2 heterocycles. The zero-order valence-corrected chi connectivity index (χ0v) is 25.6. The monoisotopic (exact) mass is 572 g/mol. The molecule has 3 amide bonds. The second-order valence-corrected chi connectivity index (χ2v) is 11.8. The summed E-state index contributed by atoms with van der Waals surface area (Å²) in [6.07, 6.45) is 1.36. The molecule has 3 rings (SSSR count). The Balaban J connectivity index is 0.00000274. The van der Waals surface area contributed by atoms with E-state index in [1.807, 2.05) is 78.2 Å². The van der Waals surface area contributed by atoms with Crippen LogP contribution >= 0.6 is 11.3 Å². The quantitative estimate of drug-likeness (QED) is 0.363. The van der Waals surface area contributed by atoms with Gasteiger partial charge < -0.3 is 20.6 Å². The SMILES string of the molecule is CC.Cc1ncsc1-c1ccc(C(C)NC(=O)C2CCCN2C(=O)C(NC(=O)CCCC(=O)O)C(C)(C)C)cc1. The minimum atomic E-state index is -0.966. The molecule has 1 aliphatic heterocycles. The molecule has 0 spiro atoms. The van der Waals surface area contributed by atoms with Crippen molar-refractivity contribution in [1.82, 2.24) is 20.5 Å². The number of hydrogen-bond donors (Lipinski definition) is 3. The summed E-state index contributed by atoms with van der Waals surface area (Å²) in [4.78, 5) is 57.1. The Kier molecular flexibility index (Phi) is 12.3. The zero-order chi connectivity index (χ0) is 30.0. The smallest absolute Gasteiger partial charge is 0.303 e. The van der Waals surface area contributed by atoms with Gasteiger partial charge in [-0.2, -0.15) is 0 Å². The number of carbonyl (C=O) groups is 4. The van der Waals surface area contributed by atoms with Crippen LogP contribution in [0.4, 0.5) is 0 Å². The fourth-order valence-electron chi connectivity index (χ4n) is 4.65.